The normalized spacial score (nSPS) is 10.6. The molecule has 16 heavy (non-hydrogen) atoms. The van der Waals surface area contributed by atoms with E-state index in [9.17, 15) is 0 Å². The van der Waals surface area contributed by atoms with Gasteiger partial charge in [-0.25, -0.2) is 0 Å². The lowest BCUT2D eigenvalue weighted by Crippen LogP contribution is -2.36. The van der Waals surface area contributed by atoms with Crippen molar-refractivity contribution in [3.8, 4) is 5.75 Å². The van der Waals surface area contributed by atoms with Crippen molar-refractivity contribution in [2.75, 3.05) is 6.61 Å². The average Bonchev–Trinajstić information content (AvgIpc) is 2.14. The number of hydrogen-bond donors (Lipinski definition) is 4. The molecular formula is C8H14N2O5S. The zero-order chi connectivity index (χ0) is 12.6. The quantitative estimate of drug-likeness (QED) is 0.425. The number of para-hydroxylation sites is 1. The highest BCUT2D eigenvalue weighted by molar-refractivity contribution is 7.79. The topological polar surface area (TPSA) is 136 Å². The van der Waals surface area contributed by atoms with Crippen molar-refractivity contribution in [1.29, 1.82) is 0 Å². The monoisotopic (exact) mass is 250 g/mol. The minimum absolute atomic E-state index is 0.351. The second-order valence-corrected chi connectivity index (χ2v) is 3.63. The van der Waals surface area contributed by atoms with Crippen LogP contribution in [0, 0.1) is 0 Å². The molecule has 0 heterocycles. The SMILES string of the molecule is NC(N)COc1ccccc1.O=S(=O)(O)O. The largest absolute Gasteiger partial charge is 0.491 e. The number of hydrogen-bond acceptors (Lipinski definition) is 5. The number of rotatable bonds is 3. The summed E-state index contributed by atoms with van der Waals surface area (Å²) in [6.07, 6.45) is -0.407. The lowest BCUT2D eigenvalue weighted by Gasteiger charge is -2.07. The molecule has 6 N–H and O–H groups in total. The van der Waals surface area contributed by atoms with Gasteiger partial charge in [-0.15, -0.1) is 0 Å². The van der Waals surface area contributed by atoms with E-state index in [-0.39, 0.29) is 0 Å². The van der Waals surface area contributed by atoms with Crippen LogP contribution < -0.4 is 16.2 Å². The van der Waals surface area contributed by atoms with Crippen molar-refractivity contribution in [2.45, 2.75) is 6.17 Å². The van der Waals surface area contributed by atoms with E-state index in [2.05, 4.69) is 0 Å². The van der Waals surface area contributed by atoms with E-state index in [4.69, 9.17) is 33.7 Å². The van der Waals surface area contributed by atoms with Gasteiger partial charge in [0.2, 0.25) is 0 Å². The maximum atomic E-state index is 8.74. The summed E-state index contributed by atoms with van der Waals surface area (Å²) in [5.74, 6) is 0.799. The Balaban J connectivity index is 0.000000385. The summed E-state index contributed by atoms with van der Waals surface area (Å²) in [4.78, 5) is 0. The Morgan fingerprint density at radius 1 is 1.19 bits per heavy atom. The number of nitrogens with two attached hydrogens (primary N) is 2. The summed E-state index contributed by atoms with van der Waals surface area (Å²) >= 11 is 0. The van der Waals surface area contributed by atoms with E-state index < -0.39 is 16.6 Å². The molecule has 0 aliphatic rings. The Bertz CT molecular complexity index is 371. The Morgan fingerprint density at radius 2 is 1.62 bits per heavy atom. The van der Waals surface area contributed by atoms with Crippen LogP contribution in [0.5, 0.6) is 5.75 Å². The van der Waals surface area contributed by atoms with Gasteiger partial charge in [-0.3, -0.25) is 9.11 Å². The first kappa shape index (κ1) is 14.8. The standard InChI is InChI=1S/C8H12N2O.H2O4S/c9-8(10)6-11-7-4-2-1-3-5-7;1-5(2,3)4/h1-5,8H,6,9-10H2;(H2,1,2,3,4). The molecule has 0 aromatic heterocycles. The van der Waals surface area contributed by atoms with Gasteiger partial charge in [0.25, 0.3) is 0 Å². The third kappa shape index (κ3) is 12.8. The molecule has 92 valence electrons. The molecular weight excluding hydrogens is 236 g/mol. The van der Waals surface area contributed by atoms with Crippen LogP contribution in [0.2, 0.25) is 0 Å². The van der Waals surface area contributed by atoms with Crippen molar-refractivity contribution in [3.63, 3.8) is 0 Å². The fraction of sp³-hybridized carbons (Fsp3) is 0.250. The highest BCUT2D eigenvalue weighted by Gasteiger charge is 1.94. The van der Waals surface area contributed by atoms with E-state index in [0.717, 1.165) is 5.75 Å². The lowest BCUT2D eigenvalue weighted by molar-refractivity contribution is 0.291. The molecule has 1 rings (SSSR count). The summed E-state index contributed by atoms with van der Waals surface area (Å²) in [6, 6.07) is 9.45. The van der Waals surface area contributed by atoms with Gasteiger partial charge >= 0.3 is 10.4 Å². The molecule has 0 aliphatic carbocycles. The van der Waals surface area contributed by atoms with Gasteiger partial charge in [0.1, 0.15) is 12.4 Å². The fourth-order valence-corrected chi connectivity index (χ4v) is 0.709. The van der Waals surface area contributed by atoms with E-state index in [0.29, 0.717) is 6.61 Å². The van der Waals surface area contributed by atoms with Crippen molar-refractivity contribution < 1.29 is 22.3 Å². The van der Waals surface area contributed by atoms with Gasteiger partial charge in [-0.1, -0.05) is 18.2 Å². The molecule has 0 radical (unpaired) electrons. The van der Waals surface area contributed by atoms with Crippen LogP contribution in [0.3, 0.4) is 0 Å². The minimum atomic E-state index is -4.67. The third-order valence-corrected chi connectivity index (χ3v) is 1.19. The second kappa shape index (κ2) is 7.14. The van der Waals surface area contributed by atoms with Crippen molar-refractivity contribution in [1.82, 2.24) is 0 Å². The Morgan fingerprint density at radius 3 is 2.00 bits per heavy atom. The lowest BCUT2D eigenvalue weighted by atomic mass is 10.3. The first-order chi connectivity index (χ1) is 7.29. The molecule has 0 fully saturated rings. The Kier molecular flexibility index (Phi) is 6.61. The maximum Gasteiger partial charge on any atom is 0.394 e. The predicted octanol–water partition coefficient (Wildman–Crippen LogP) is -0.344. The van der Waals surface area contributed by atoms with E-state index >= 15 is 0 Å². The Labute approximate surface area is 93.6 Å². The summed E-state index contributed by atoms with van der Waals surface area (Å²) in [6.45, 7) is 0.351. The molecule has 0 aliphatic heterocycles. The summed E-state index contributed by atoms with van der Waals surface area (Å²) < 4.78 is 36.8. The first-order valence-electron chi connectivity index (χ1n) is 4.18. The smallest absolute Gasteiger partial charge is 0.394 e. The second-order valence-electron chi connectivity index (χ2n) is 2.74. The van der Waals surface area contributed by atoms with Crippen LogP contribution in [0.15, 0.2) is 30.3 Å². The van der Waals surface area contributed by atoms with Crippen LogP contribution >= 0.6 is 0 Å². The zero-order valence-electron chi connectivity index (χ0n) is 8.35. The maximum absolute atomic E-state index is 8.74. The van der Waals surface area contributed by atoms with E-state index in [1.54, 1.807) is 0 Å². The average molecular weight is 250 g/mol. The predicted molar refractivity (Wildman–Crippen MR) is 58.3 cm³/mol. The fourth-order valence-electron chi connectivity index (χ4n) is 0.709. The molecule has 0 bridgehead atoms. The van der Waals surface area contributed by atoms with Gasteiger partial charge in [-0.2, -0.15) is 8.42 Å². The van der Waals surface area contributed by atoms with Crippen LogP contribution in [-0.4, -0.2) is 30.3 Å². The van der Waals surface area contributed by atoms with Crippen LogP contribution in [-0.2, 0) is 10.4 Å². The van der Waals surface area contributed by atoms with Crippen molar-refractivity contribution >= 4 is 10.4 Å². The van der Waals surface area contributed by atoms with Gasteiger partial charge in [0.15, 0.2) is 0 Å². The van der Waals surface area contributed by atoms with E-state index in [1.807, 2.05) is 30.3 Å². The van der Waals surface area contributed by atoms with Gasteiger partial charge in [0.05, 0.1) is 6.17 Å². The molecule has 7 nitrogen and oxygen atoms in total. The zero-order valence-corrected chi connectivity index (χ0v) is 9.17. The van der Waals surface area contributed by atoms with Gasteiger partial charge in [0, 0.05) is 0 Å². The summed E-state index contributed by atoms with van der Waals surface area (Å²) in [5, 5.41) is 0. The highest BCUT2D eigenvalue weighted by atomic mass is 32.3. The van der Waals surface area contributed by atoms with E-state index in [1.165, 1.54) is 0 Å². The van der Waals surface area contributed by atoms with Crippen molar-refractivity contribution in [2.24, 2.45) is 11.5 Å². The molecule has 8 heteroatoms. The molecule has 0 saturated heterocycles. The van der Waals surface area contributed by atoms with Crippen molar-refractivity contribution in [3.05, 3.63) is 30.3 Å². The molecule has 1 aromatic carbocycles. The molecule has 0 unspecified atom stereocenters. The van der Waals surface area contributed by atoms with Crippen LogP contribution in [0.25, 0.3) is 0 Å². The molecule has 1 aromatic rings. The summed E-state index contributed by atoms with van der Waals surface area (Å²) in [7, 11) is -4.67. The highest BCUT2D eigenvalue weighted by Crippen LogP contribution is 2.07. The Hall–Kier alpha value is -1.19. The third-order valence-electron chi connectivity index (χ3n) is 1.19. The molecule has 0 spiro atoms. The number of benzene rings is 1. The molecule has 0 amide bonds. The van der Waals surface area contributed by atoms with Crippen LogP contribution in [0.4, 0.5) is 0 Å². The summed E-state index contributed by atoms with van der Waals surface area (Å²) in [5.41, 5.74) is 10.6. The van der Waals surface area contributed by atoms with Gasteiger partial charge in [-0.05, 0) is 12.1 Å². The van der Waals surface area contributed by atoms with Crippen LogP contribution in [0.1, 0.15) is 0 Å². The van der Waals surface area contributed by atoms with Gasteiger partial charge < -0.3 is 16.2 Å². The molecule has 0 saturated carbocycles. The molecule has 0 atom stereocenters. The number of ether oxygens (including phenoxy) is 1. The minimum Gasteiger partial charge on any atom is -0.491 e. The first-order valence-corrected chi connectivity index (χ1v) is 5.57.